The number of carbonyl (C=O) groups is 1. The summed E-state index contributed by atoms with van der Waals surface area (Å²) in [5.41, 5.74) is 4.02. The monoisotopic (exact) mass is 508 g/mol. The Morgan fingerprint density at radius 2 is 1.80 bits per heavy atom. The van der Waals surface area contributed by atoms with E-state index in [4.69, 9.17) is 11.6 Å². The molecule has 0 bridgehead atoms. The van der Waals surface area contributed by atoms with Crippen molar-refractivity contribution < 1.29 is 13.2 Å². The van der Waals surface area contributed by atoms with E-state index in [9.17, 15) is 13.2 Å². The Balaban J connectivity index is 1.44. The van der Waals surface area contributed by atoms with Gasteiger partial charge in [-0.05, 0) is 54.3 Å². The Labute approximate surface area is 209 Å². The van der Waals surface area contributed by atoms with E-state index in [-0.39, 0.29) is 22.0 Å². The van der Waals surface area contributed by atoms with Crippen molar-refractivity contribution in [3.63, 3.8) is 0 Å². The highest BCUT2D eigenvalue weighted by Gasteiger charge is 2.30. The molecule has 1 aromatic heterocycles. The molecule has 4 aromatic rings. The molecule has 180 valence electrons. The molecule has 1 aliphatic rings. The smallest absolute Gasteiger partial charge is 0.258 e. The maximum absolute atomic E-state index is 13.5. The number of amides is 1. The number of nitrogens with one attached hydrogen (secondary N) is 1. The average molecular weight is 509 g/mol. The third kappa shape index (κ3) is 4.45. The fourth-order valence-electron chi connectivity index (χ4n) is 4.45. The number of sulfonamides is 1. The lowest BCUT2D eigenvalue weighted by atomic mass is 10.0. The fourth-order valence-corrected chi connectivity index (χ4v) is 6.37. The Bertz CT molecular complexity index is 1530. The number of aromatic nitrogens is 2. The third-order valence-electron chi connectivity index (χ3n) is 6.23. The van der Waals surface area contributed by atoms with Crippen molar-refractivity contribution in [1.29, 1.82) is 0 Å². The van der Waals surface area contributed by atoms with Gasteiger partial charge in [0.15, 0.2) is 0 Å². The lowest BCUT2D eigenvalue weighted by Crippen LogP contribution is -2.36. The zero-order valence-electron chi connectivity index (χ0n) is 19.2. The van der Waals surface area contributed by atoms with Gasteiger partial charge in [0.2, 0.25) is 16.0 Å². The molecule has 9 heteroatoms. The highest BCUT2D eigenvalue weighted by Crippen LogP contribution is 2.30. The highest BCUT2D eigenvalue weighted by molar-refractivity contribution is 7.89. The summed E-state index contributed by atoms with van der Waals surface area (Å²) in [4.78, 5) is 17.6. The summed E-state index contributed by atoms with van der Waals surface area (Å²) >= 11 is 6.33. The van der Waals surface area contributed by atoms with E-state index >= 15 is 0 Å². The maximum atomic E-state index is 13.5. The SMILES string of the molecule is CCCn1c(NC(=O)c2ccc(Cl)c(S(=O)(=O)N3CCc4ccccc4C3)c2)nc2ccccc21. The molecule has 1 N–H and O–H groups in total. The number of fused-ring (bicyclic) bond motifs is 2. The summed E-state index contributed by atoms with van der Waals surface area (Å²) < 4.78 is 30.4. The first-order valence-corrected chi connectivity index (χ1v) is 13.3. The van der Waals surface area contributed by atoms with Crippen LogP contribution in [0.4, 0.5) is 5.95 Å². The number of aryl methyl sites for hydroxylation is 1. The van der Waals surface area contributed by atoms with Gasteiger partial charge in [-0.2, -0.15) is 4.31 Å². The van der Waals surface area contributed by atoms with Crippen LogP contribution in [-0.2, 0) is 29.5 Å². The molecule has 0 saturated heterocycles. The number of rotatable bonds is 6. The van der Waals surface area contributed by atoms with Crippen LogP contribution in [0.3, 0.4) is 0 Å². The number of carbonyl (C=O) groups excluding carboxylic acids is 1. The van der Waals surface area contributed by atoms with Crippen LogP contribution < -0.4 is 5.32 Å². The summed E-state index contributed by atoms with van der Waals surface area (Å²) in [6.07, 6.45) is 1.49. The molecule has 0 saturated carbocycles. The van der Waals surface area contributed by atoms with E-state index < -0.39 is 15.9 Å². The van der Waals surface area contributed by atoms with E-state index in [1.165, 1.54) is 22.5 Å². The summed E-state index contributed by atoms with van der Waals surface area (Å²) in [5.74, 6) is -0.0280. The van der Waals surface area contributed by atoms with E-state index in [2.05, 4.69) is 17.2 Å². The molecule has 2 heterocycles. The van der Waals surface area contributed by atoms with Crippen LogP contribution in [0.25, 0.3) is 11.0 Å². The molecule has 0 atom stereocenters. The summed E-state index contributed by atoms with van der Waals surface area (Å²) in [6.45, 7) is 3.36. The average Bonchev–Trinajstić information content (AvgIpc) is 3.21. The molecule has 0 unspecified atom stereocenters. The summed E-state index contributed by atoms with van der Waals surface area (Å²) in [7, 11) is -3.90. The minimum Gasteiger partial charge on any atom is -0.310 e. The van der Waals surface area contributed by atoms with E-state index in [1.807, 2.05) is 53.1 Å². The van der Waals surface area contributed by atoms with Crippen molar-refractivity contribution in [3.8, 4) is 0 Å². The molecule has 0 aliphatic carbocycles. The first-order valence-electron chi connectivity index (χ1n) is 11.5. The molecule has 5 rings (SSSR count). The largest absolute Gasteiger partial charge is 0.310 e. The molecule has 1 amide bonds. The van der Waals surface area contributed by atoms with Crippen molar-refractivity contribution in [3.05, 3.63) is 88.4 Å². The molecule has 7 nitrogen and oxygen atoms in total. The van der Waals surface area contributed by atoms with Gasteiger partial charge in [-0.1, -0.05) is 54.9 Å². The topological polar surface area (TPSA) is 84.3 Å². The molecular weight excluding hydrogens is 484 g/mol. The quantitative estimate of drug-likeness (QED) is 0.393. The number of anilines is 1. The van der Waals surface area contributed by atoms with Crippen LogP contribution in [-0.4, -0.2) is 34.7 Å². The van der Waals surface area contributed by atoms with Crippen molar-refractivity contribution in [2.75, 3.05) is 11.9 Å². The Morgan fingerprint density at radius 1 is 1.06 bits per heavy atom. The molecule has 3 aromatic carbocycles. The van der Waals surface area contributed by atoms with Crippen LogP contribution >= 0.6 is 11.6 Å². The summed E-state index contributed by atoms with van der Waals surface area (Å²) in [6, 6.07) is 19.8. The normalized spacial score (nSPS) is 14.1. The number of hydrogen-bond donors (Lipinski definition) is 1. The predicted octanol–water partition coefficient (Wildman–Crippen LogP) is 5.10. The zero-order valence-corrected chi connectivity index (χ0v) is 20.8. The number of para-hydroxylation sites is 2. The second-order valence-corrected chi connectivity index (χ2v) is 10.8. The summed E-state index contributed by atoms with van der Waals surface area (Å²) in [5, 5.41) is 2.94. The van der Waals surface area contributed by atoms with Crippen LogP contribution in [0.1, 0.15) is 34.8 Å². The van der Waals surface area contributed by atoms with Crippen LogP contribution in [0.5, 0.6) is 0 Å². The van der Waals surface area contributed by atoms with Gasteiger partial charge >= 0.3 is 0 Å². The van der Waals surface area contributed by atoms with Gasteiger partial charge in [-0.3, -0.25) is 10.1 Å². The van der Waals surface area contributed by atoms with Crippen molar-refractivity contribution in [2.45, 2.75) is 37.8 Å². The van der Waals surface area contributed by atoms with Crippen LogP contribution in [0, 0.1) is 0 Å². The number of halogens is 1. The highest BCUT2D eigenvalue weighted by atomic mass is 35.5. The molecule has 0 spiro atoms. The van der Waals surface area contributed by atoms with Gasteiger partial charge in [0.25, 0.3) is 5.91 Å². The van der Waals surface area contributed by atoms with Gasteiger partial charge in [0, 0.05) is 25.2 Å². The van der Waals surface area contributed by atoms with Crippen molar-refractivity contribution in [1.82, 2.24) is 13.9 Å². The van der Waals surface area contributed by atoms with E-state index in [1.54, 1.807) is 0 Å². The Hall–Kier alpha value is -3.20. The second kappa shape index (κ2) is 9.45. The molecule has 0 fully saturated rings. The standard InChI is InChI=1S/C26H25ClN4O3S/c1-2-14-31-23-10-6-5-9-22(23)28-26(31)29-25(32)19-11-12-21(27)24(16-19)35(33,34)30-15-13-18-7-3-4-8-20(18)17-30/h3-12,16H,2,13-15,17H2,1H3,(H,28,29,32). The van der Waals surface area contributed by atoms with Crippen LogP contribution in [0.15, 0.2) is 71.6 Å². The zero-order chi connectivity index (χ0) is 24.6. The lowest BCUT2D eigenvalue weighted by molar-refractivity contribution is 0.102. The first kappa shape index (κ1) is 23.5. The van der Waals surface area contributed by atoms with Gasteiger partial charge in [-0.15, -0.1) is 0 Å². The van der Waals surface area contributed by atoms with Crippen LogP contribution in [0.2, 0.25) is 5.02 Å². The molecular formula is C26H25ClN4O3S. The molecule has 0 radical (unpaired) electrons. The van der Waals surface area contributed by atoms with Crippen molar-refractivity contribution >= 4 is 44.5 Å². The molecule has 1 aliphatic heterocycles. The number of benzene rings is 3. The number of hydrogen-bond acceptors (Lipinski definition) is 4. The predicted molar refractivity (Wildman–Crippen MR) is 137 cm³/mol. The second-order valence-electron chi connectivity index (χ2n) is 8.53. The molecule has 35 heavy (non-hydrogen) atoms. The maximum Gasteiger partial charge on any atom is 0.258 e. The minimum absolute atomic E-state index is 0.0757. The first-order chi connectivity index (χ1) is 16.9. The Kier molecular flexibility index (Phi) is 6.35. The van der Waals surface area contributed by atoms with E-state index in [0.717, 1.165) is 28.6 Å². The van der Waals surface area contributed by atoms with Gasteiger partial charge < -0.3 is 4.57 Å². The third-order valence-corrected chi connectivity index (χ3v) is 8.56. The van der Waals surface area contributed by atoms with E-state index in [0.29, 0.717) is 25.5 Å². The van der Waals surface area contributed by atoms with Gasteiger partial charge in [0.1, 0.15) is 4.90 Å². The van der Waals surface area contributed by atoms with Gasteiger partial charge in [-0.25, -0.2) is 13.4 Å². The van der Waals surface area contributed by atoms with Gasteiger partial charge in [0.05, 0.1) is 16.1 Å². The minimum atomic E-state index is -3.90. The number of imidazole rings is 1. The fraction of sp³-hybridized carbons (Fsp3) is 0.231. The number of nitrogens with zero attached hydrogens (tertiary/aromatic N) is 3. The Morgan fingerprint density at radius 3 is 2.60 bits per heavy atom. The lowest BCUT2D eigenvalue weighted by Gasteiger charge is -2.28. The van der Waals surface area contributed by atoms with Crippen molar-refractivity contribution in [2.24, 2.45) is 0 Å².